The molecule has 0 spiro atoms. The molecule has 0 saturated carbocycles. The van der Waals surface area contributed by atoms with Gasteiger partial charge in [-0.05, 0) is 31.0 Å². The summed E-state index contributed by atoms with van der Waals surface area (Å²) >= 11 is 0. The van der Waals surface area contributed by atoms with E-state index in [4.69, 9.17) is 10.5 Å². The Morgan fingerprint density at radius 1 is 1.50 bits per heavy atom. The third-order valence-electron chi connectivity index (χ3n) is 2.46. The minimum Gasteiger partial charge on any atom is -0.489 e. The Labute approximate surface area is 114 Å². The van der Waals surface area contributed by atoms with Crippen molar-refractivity contribution in [3.05, 3.63) is 29.8 Å². The van der Waals surface area contributed by atoms with E-state index < -0.39 is 0 Å². The van der Waals surface area contributed by atoms with Crippen LogP contribution in [0, 0.1) is 6.92 Å². The summed E-state index contributed by atoms with van der Waals surface area (Å²) in [6.07, 6.45) is 0.811. The molecule has 1 rings (SSSR count). The lowest BCUT2D eigenvalue weighted by Crippen LogP contribution is -2.38. The molecule has 4 nitrogen and oxygen atoms in total. The predicted octanol–water partition coefficient (Wildman–Crippen LogP) is 1.65. The van der Waals surface area contributed by atoms with Gasteiger partial charge >= 0.3 is 0 Å². The van der Waals surface area contributed by atoms with Crippen molar-refractivity contribution in [2.45, 2.75) is 26.4 Å². The molecule has 18 heavy (non-hydrogen) atoms. The van der Waals surface area contributed by atoms with E-state index in [1.165, 1.54) is 0 Å². The van der Waals surface area contributed by atoms with Crippen molar-refractivity contribution in [2.24, 2.45) is 5.73 Å². The molecule has 1 aromatic rings. The second-order valence-electron chi connectivity index (χ2n) is 3.97. The highest BCUT2D eigenvalue weighted by Gasteiger charge is 2.09. The van der Waals surface area contributed by atoms with E-state index in [9.17, 15) is 4.79 Å². The van der Waals surface area contributed by atoms with Crippen LogP contribution in [0.5, 0.6) is 5.75 Å². The molecule has 1 amide bonds. The van der Waals surface area contributed by atoms with Crippen LogP contribution >= 0.6 is 12.4 Å². The van der Waals surface area contributed by atoms with E-state index in [0.29, 0.717) is 6.54 Å². The van der Waals surface area contributed by atoms with E-state index >= 15 is 0 Å². The van der Waals surface area contributed by atoms with Crippen LogP contribution in [-0.4, -0.2) is 25.1 Å². The topological polar surface area (TPSA) is 64.4 Å². The first kappa shape index (κ1) is 16.7. The zero-order valence-corrected chi connectivity index (χ0v) is 11.6. The van der Waals surface area contributed by atoms with Crippen LogP contribution in [0.15, 0.2) is 24.3 Å². The maximum Gasteiger partial charge on any atom is 0.233 e. The van der Waals surface area contributed by atoms with E-state index in [1.807, 2.05) is 38.1 Å². The third-order valence-corrected chi connectivity index (χ3v) is 2.46. The number of hydrogen-bond acceptors (Lipinski definition) is 3. The van der Waals surface area contributed by atoms with E-state index in [0.717, 1.165) is 17.7 Å². The predicted molar refractivity (Wildman–Crippen MR) is 75.2 cm³/mol. The Morgan fingerprint density at radius 3 is 2.78 bits per heavy atom. The number of carbonyl (C=O) groups is 1. The number of ether oxygens (including phenoxy) is 1. The molecule has 0 fully saturated rings. The monoisotopic (exact) mass is 272 g/mol. The van der Waals surface area contributed by atoms with Gasteiger partial charge in [-0.3, -0.25) is 4.79 Å². The number of halogens is 1. The molecule has 1 atom stereocenters. The summed E-state index contributed by atoms with van der Waals surface area (Å²) < 4.78 is 5.78. The average molecular weight is 273 g/mol. The Kier molecular flexibility index (Phi) is 8.16. The molecule has 0 aliphatic rings. The van der Waals surface area contributed by atoms with Crippen molar-refractivity contribution in [3.63, 3.8) is 0 Å². The minimum absolute atomic E-state index is 0. The Balaban J connectivity index is 0.00000289. The number of benzene rings is 1. The van der Waals surface area contributed by atoms with Crippen LogP contribution < -0.4 is 15.8 Å². The molecule has 1 unspecified atom stereocenters. The van der Waals surface area contributed by atoms with Gasteiger partial charge in [-0.25, -0.2) is 0 Å². The van der Waals surface area contributed by atoms with Crippen molar-refractivity contribution >= 4 is 18.3 Å². The summed E-state index contributed by atoms with van der Waals surface area (Å²) in [5.74, 6) is 0.676. The summed E-state index contributed by atoms with van der Waals surface area (Å²) in [5, 5.41) is 2.73. The molecule has 0 saturated heterocycles. The number of aryl methyl sites for hydroxylation is 1. The van der Waals surface area contributed by atoms with Gasteiger partial charge in [0.25, 0.3) is 0 Å². The molecule has 0 radical (unpaired) electrons. The van der Waals surface area contributed by atoms with Gasteiger partial charge in [-0.1, -0.05) is 19.1 Å². The van der Waals surface area contributed by atoms with Gasteiger partial charge in [0.2, 0.25) is 5.91 Å². The molecule has 0 aromatic heterocycles. The highest BCUT2D eigenvalue weighted by atomic mass is 35.5. The van der Waals surface area contributed by atoms with Crippen LogP contribution in [-0.2, 0) is 4.79 Å². The molecule has 102 valence electrons. The Bertz CT molecular complexity index is 372. The van der Waals surface area contributed by atoms with Crippen molar-refractivity contribution in [1.29, 1.82) is 0 Å². The number of rotatable bonds is 6. The smallest absolute Gasteiger partial charge is 0.233 e. The van der Waals surface area contributed by atoms with Crippen molar-refractivity contribution in [1.82, 2.24) is 5.32 Å². The Morgan fingerprint density at radius 2 is 2.22 bits per heavy atom. The highest BCUT2D eigenvalue weighted by Crippen LogP contribution is 2.14. The SMILES string of the molecule is CCC(CNC(=O)CN)Oc1cccc(C)c1.Cl. The standard InChI is InChI=1S/C13H20N2O2.ClH/c1-3-11(9-15-13(16)8-14)17-12-6-4-5-10(2)7-12;/h4-7,11H,3,8-9,14H2,1-2H3,(H,15,16);1H. The van der Waals surface area contributed by atoms with Crippen molar-refractivity contribution < 1.29 is 9.53 Å². The fraction of sp³-hybridized carbons (Fsp3) is 0.462. The molecule has 0 aliphatic heterocycles. The van der Waals surface area contributed by atoms with Crippen LogP contribution in [0.25, 0.3) is 0 Å². The molecule has 5 heteroatoms. The van der Waals surface area contributed by atoms with Crippen LogP contribution in [0.2, 0.25) is 0 Å². The number of nitrogens with two attached hydrogens (primary N) is 1. The number of carbonyl (C=O) groups excluding carboxylic acids is 1. The van der Waals surface area contributed by atoms with Crippen LogP contribution in [0.1, 0.15) is 18.9 Å². The van der Waals surface area contributed by atoms with Gasteiger partial charge in [0, 0.05) is 0 Å². The molecular formula is C13H21ClN2O2. The first-order valence-electron chi connectivity index (χ1n) is 5.85. The quantitative estimate of drug-likeness (QED) is 0.828. The second-order valence-corrected chi connectivity index (χ2v) is 3.97. The summed E-state index contributed by atoms with van der Waals surface area (Å²) in [4.78, 5) is 11.0. The van der Waals surface area contributed by atoms with Crippen molar-refractivity contribution in [3.8, 4) is 5.75 Å². The van der Waals surface area contributed by atoms with Gasteiger partial charge in [-0.2, -0.15) is 0 Å². The third kappa shape index (κ3) is 5.89. The van der Waals surface area contributed by atoms with Gasteiger partial charge in [0.15, 0.2) is 0 Å². The van der Waals surface area contributed by atoms with Crippen LogP contribution in [0.3, 0.4) is 0 Å². The number of amides is 1. The van der Waals surface area contributed by atoms with Crippen LogP contribution in [0.4, 0.5) is 0 Å². The van der Waals surface area contributed by atoms with E-state index in [-0.39, 0.29) is 31.0 Å². The lowest BCUT2D eigenvalue weighted by Gasteiger charge is -2.18. The van der Waals surface area contributed by atoms with Crippen molar-refractivity contribution in [2.75, 3.05) is 13.1 Å². The molecule has 3 N–H and O–H groups in total. The number of hydrogen-bond donors (Lipinski definition) is 2. The molecule has 1 aromatic carbocycles. The van der Waals surface area contributed by atoms with Gasteiger partial charge in [0.05, 0.1) is 13.1 Å². The summed E-state index contributed by atoms with van der Waals surface area (Å²) in [5.41, 5.74) is 6.38. The molecule has 0 bridgehead atoms. The van der Waals surface area contributed by atoms with E-state index in [2.05, 4.69) is 5.32 Å². The minimum atomic E-state index is -0.156. The summed E-state index contributed by atoms with van der Waals surface area (Å²) in [7, 11) is 0. The average Bonchev–Trinajstić information content (AvgIpc) is 2.34. The fourth-order valence-corrected chi connectivity index (χ4v) is 1.45. The first-order valence-corrected chi connectivity index (χ1v) is 5.85. The zero-order chi connectivity index (χ0) is 12.7. The Hall–Kier alpha value is -1.26. The maximum atomic E-state index is 11.0. The first-order chi connectivity index (χ1) is 8.15. The zero-order valence-electron chi connectivity index (χ0n) is 10.8. The lowest BCUT2D eigenvalue weighted by molar-refractivity contribution is -0.120. The highest BCUT2D eigenvalue weighted by molar-refractivity contribution is 5.85. The second kappa shape index (κ2) is 8.78. The van der Waals surface area contributed by atoms with Gasteiger partial charge in [-0.15, -0.1) is 12.4 Å². The largest absolute Gasteiger partial charge is 0.489 e. The van der Waals surface area contributed by atoms with E-state index in [1.54, 1.807) is 0 Å². The molecule has 0 heterocycles. The summed E-state index contributed by atoms with van der Waals surface area (Å²) in [6.45, 7) is 4.54. The lowest BCUT2D eigenvalue weighted by atomic mass is 10.2. The normalized spacial score (nSPS) is 11.3. The van der Waals surface area contributed by atoms with Gasteiger partial charge < -0.3 is 15.8 Å². The maximum absolute atomic E-state index is 11.0. The molecule has 0 aliphatic carbocycles. The summed E-state index contributed by atoms with van der Waals surface area (Å²) in [6, 6.07) is 7.87. The fourth-order valence-electron chi connectivity index (χ4n) is 1.45. The van der Waals surface area contributed by atoms with Gasteiger partial charge in [0.1, 0.15) is 11.9 Å². The number of nitrogens with one attached hydrogen (secondary N) is 1. The molecular weight excluding hydrogens is 252 g/mol.